The zero-order valence-corrected chi connectivity index (χ0v) is 33.4. The van der Waals surface area contributed by atoms with Crippen LogP contribution in [0.3, 0.4) is 0 Å². The Bertz CT molecular complexity index is 3190. The van der Waals surface area contributed by atoms with Crippen molar-refractivity contribution in [2.45, 2.75) is 5.41 Å². The van der Waals surface area contributed by atoms with Crippen LogP contribution in [-0.4, -0.2) is 4.98 Å². The highest BCUT2D eigenvalue weighted by atomic mass is 16.3. The summed E-state index contributed by atoms with van der Waals surface area (Å²) in [6.07, 6.45) is 0. The number of para-hydroxylation sites is 1. The number of benzene rings is 10. The predicted octanol–water partition coefficient (Wildman–Crippen LogP) is 15.3. The second-order valence-corrected chi connectivity index (χ2v) is 15.5. The van der Waals surface area contributed by atoms with Crippen molar-refractivity contribution in [3.63, 3.8) is 0 Å². The molecule has 0 aliphatic carbocycles. The minimum Gasteiger partial charge on any atom is -0.435 e. The Morgan fingerprint density at radius 1 is 0.393 bits per heavy atom. The maximum atomic E-state index is 6.68. The molecule has 0 unspecified atom stereocenters. The molecule has 0 atom stereocenters. The van der Waals surface area contributed by atoms with Gasteiger partial charge in [-0.25, -0.2) is 4.98 Å². The van der Waals surface area contributed by atoms with E-state index in [0.29, 0.717) is 5.89 Å². The maximum Gasteiger partial charge on any atom is 0.227 e. The van der Waals surface area contributed by atoms with E-state index in [0.717, 1.165) is 66.4 Å². The molecule has 11 rings (SSSR count). The molecule has 1 heterocycles. The predicted molar refractivity (Wildman–Crippen MR) is 253 cm³/mol. The molecule has 0 saturated heterocycles. The lowest BCUT2D eigenvalue weighted by Gasteiger charge is -2.38. The van der Waals surface area contributed by atoms with E-state index in [2.05, 4.69) is 217 Å². The minimum absolute atomic E-state index is 0.613. The van der Waals surface area contributed by atoms with E-state index in [9.17, 15) is 0 Å². The number of oxazole rings is 1. The summed E-state index contributed by atoms with van der Waals surface area (Å²) >= 11 is 0. The smallest absolute Gasteiger partial charge is 0.227 e. The van der Waals surface area contributed by atoms with E-state index >= 15 is 0 Å². The van der Waals surface area contributed by atoms with Crippen molar-refractivity contribution >= 4 is 49.7 Å². The highest BCUT2D eigenvalue weighted by Crippen LogP contribution is 2.48. The summed E-state index contributed by atoms with van der Waals surface area (Å²) in [5.74, 6) is 0.616. The molecule has 0 N–H and O–H groups in total. The van der Waals surface area contributed by atoms with Gasteiger partial charge < -0.3 is 9.32 Å². The van der Waals surface area contributed by atoms with Gasteiger partial charge in [0.15, 0.2) is 5.58 Å². The van der Waals surface area contributed by atoms with Gasteiger partial charge in [0.25, 0.3) is 0 Å². The van der Waals surface area contributed by atoms with Crippen LogP contribution < -0.4 is 4.90 Å². The third-order valence-corrected chi connectivity index (χ3v) is 12.0. The first-order valence-electron chi connectivity index (χ1n) is 20.8. The molecule has 0 spiro atoms. The number of aromatic nitrogens is 1. The Balaban J connectivity index is 1.19. The first-order chi connectivity index (χ1) is 30.3. The highest BCUT2D eigenvalue weighted by molar-refractivity contribution is 6.18. The molecule has 0 aliphatic heterocycles. The van der Waals surface area contributed by atoms with Crippen LogP contribution in [-0.2, 0) is 5.41 Å². The average Bonchev–Trinajstić information content (AvgIpc) is 3.79. The van der Waals surface area contributed by atoms with E-state index in [1.807, 2.05) is 30.3 Å². The van der Waals surface area contributed by atoms with Crippen molar-refractivity contribution in [3.05, 3.63) is 265 Å². The van der Waals surface area contributed by atoms with Crippen molar-refractivity contribution < 1.29 is 4.42 Å². The molecule has 61 heavy (non-hydrogen) atoms. The number of rotatable bonds is 9. The van der Waals surface area contributed by atoms with Gasteiger partial charge in [0.2, 0.25) is 5.89 Å². The van der Waals surface area contributed by atoms with Gasteiger partial charge in [-0.2, -0.15) is 0 Å². The summed E-state index contributed by atoms with van der Waals surface area (Å²) in [5.41, 5.74) is 12.2. The van der Waals surface area contributed by atoms with Crippen LogP contribution in [0.2, 0.25) is 0 Å². The Morgan fingerprint density at radius 2 is 0.902 bits per heavy atom. The van der Waals surface area contributed by atoms with Crippen molar-refractivity contribution in [2.75, 3.05) is 4.90 Å². The fraction of sp³-hybridized carbons (Fsp3) is 0.0172. The Kier molecular flexibility index (Phi) is 9.05. The normalized spacial score (nSPS) is 11.6. The van der Waals surface area contributed by atoms with Crippen LogP contribution in [0.5, 0.6) is 0 Å². The third-order valence-electron chi connectivity index (χ3n) is 12.0. The van der Waals surface area contributed by atoms with E-state index in [-0.39, 0.29) is 0 Å². The minimum atomic E-state index is -0.613. The van der Waals surface area contributed by atoms with Gasteiger partial charge in [-0.1, -0.05) is 194 Å². The zero-order valence-electron chi connectivity index (χ0n) is 33.4. The summed E-state index contributed by atoms with van der Waals surface area (Å²) in [6, 6.07) is 86.9. The highest BCUT2D eigenvalue weighted by Gasteiger charge is 2.38. The number of hydrogen-bond donors (Lipinski definition) is 0. The van der Waals surface area contributed by atoms with E-state index in [4.69, 9.17) is 9.40 Å². The van der Waals surface area contributed by atoms with Crippen molar-refractivity contribution in [1.82, 2.24) is 4.98 Å². The summed E-state index contributed by atoms with van der Waals surface area (Å²) < 4.78 is 6.68. The Labute approximate surface area is 355 Å². The lowest BCUT2D eigenvalue weighted by molar-refractivity contribution is 0.623. The molecule has 3 heteroatoms. The Morgan fingerprint density at radius 3 is 1.56 bits per heavy atom. The molecule has 0 fully saturated rings. The summed E-state index contributed by atoms with van der Waals surface area (Å²) in [5, 5.41) is 4.38. The number of hydrogen-bond acceptors (Lipinski definition) is 3. The molecule has 10 aromatic carbocycles. The Hall–Kier alpha value is -8.01. The van der Waals surface area contributed by atoms with Crippen LogP contribution in [0, 0.1) is 0 Å². The molecule has 11 aromatic rings. The molecule has 1 aromatic heterocycles. The lowest BCUT2D eigenvalue weighted by atomic mass is 9.65. The van der Waals surface area contributed by atoms with E-state index < -0.39 is 5.41 Å². The molecule has 0 aliphatic rings. The molecule has 0 radical (unpaired) electrons. The molecule has 0 bridgehead atoms. The second kappa shape index (κ2) is 15.3. The second-order valence-electron chi connectivity index (χ2n) is 15.5. The van der Waals surface area contributed by atoms with Gasteiger partial charge in [0.05, 0.1) is 11.1 Å². The molecule has 288 valence electrons. The first-order valence-corrected chi connectivity index (χ1v) is 20.8. The van der Waals surface area contributed by atoms with Crippen molar-refractivity contribution in [3.8, 4) is 22.6 Å². The summed E-state index contributed by atoms with van der Waals surface area (Å²) in [4.78, 5) is 7.39. The van der Waals surface area contributed by atoms with Gasteiger partial charge in [-0.05, 0) is 92.5 Å². The van der Waals surface area contributed by atoms with Gasteiger partial charge >= 0.3 is 0 Å². The van der Waals surface area contributed by atoms with Gasteiger partial charge in [0, 0.05) is 27.9 Å². The summed E-state index contributed by atoms with van der Waals surface area (Å²) in [6.45, 7) is 0. The largest absolute Gasteiger partial charge is 0.435 e. The molecule has 0 saturated carbocycles. The molecular weight excluding hydrogens is 741 g/mol. The van der Waals surface area contributed by atoms with Gasteiger partial charge in [0.1, 0.15) is 5.52 Å². The van der Waals surface area contributed by atoms with Crippen LogP contribution in [0.1, 0.15) is 22.3 Å². The van der Waals surface area contributed by atoms with Crippen LogP contribution in [0.4, 0.5) is 17.1 Å². The van der Waals surface area contributed by atoms with E-state index in [1.54, 1.807) is 0 Å². The van der Waals surface area contributed by atoms with Crippen molar-refractivity contribution in [2.24, 2.45) is 0 Å². The van der Waals surface area contributed by atoms with Gasteiger partial charge in [-0.3, -0.25) is 0 Å². The van der Waals surface area contributed by atoms with E-state index in [1.165, 1.54) is 22.3 Å². The van der Waals surface area contributed by atoms with Crippen LogP contribution in [0.25, 0.3) is 55.2 Å². The fourth-order valence-corrected chi connectivity index (χ4v) is 9.25. The zero-order chi connectivity index (χ0) is 40.6. The SMILES string of the molecule is c1ccc(-c2nc3ccc4ccc5ccc(N(c6cccc(C(c7ccccc7)(c7ccccc7)c7ccccc7)c6)c6ccccc6-c6ccccc6)cc5c4c3o2)cc1. The standard InChI is InChI=1S/C58H40N2O/c1-6-19-41(20-7-1)51-31-16-17-32-54(51)60(50-37-35-42-33-34-43-36-38-53-56(55(43)52(42)40-50)61-57(59-53)44-21-8-2-9-22-44)49-30-18-29-48(39-49)58(45-23-10-3-11-24-45,46-25-12-4-13-26-46)47-27-14-5-15-28-47/h1-40H. The van der Waals surface area contributed by atoms with Crippen LogP contribution >= 0.6 is 0 Å². The molecule has 0 amide bonds. The first kappa shape index (κ1) is 36.1. The fourth-order valence-electron chi connectivity index (χ4n) is 9.25. The van der Waals surface area contributed by atoms with Crippen molar-refractivity contribution in [1.29, 1.82) is 0 Å². The van der Waals surface area contributed by atoms with Crippen LogP contribution in [0.15, 0.2) is 247 Å². The third kappa shape index (κ3) is 6.27. The summed E-state index contributed by atoms with van der Waals surface area (Å²) in [7, 11) is 0. The maximum absolute atomic E-state index is 6.68. The molecule has 3 nitrogen and oxygen atoms in total. The quantitative estimate of drug-likeness (QED) is 0.108. The topological polar surface area (TPSA) is 29.3 Å². The molecular formula is C58H40N2O. The lowest BCUT2D eigenvalue weighted by Crippen LogP contribution is -2.31. The van der Waals surface area contributed by atoms with Gasteiger partial charge in [-0.15, -0.1) is 0 Å². The monoisotopic (exact) mass is 780 g/mol. The number of nitrogens with zero attached hydrogens (tertiary/aromatic N) is 2. The average molecular weight is 781 g/mol. The number of fused-ring (bicyclic) bond motifs is 5. The number of anilines is 3.